The number of furan rings is 1. The lowest BCUT2D eigenvalue weighted by Crippen LogP contribution is -1.50. The van der Waals surface area contributed by atoms with Gasteiger partial charge in [0.1, 0.15) is 0 Å². The molecule has 0 aliphatic carbocycles. The van der Waals surface area contributed by atoms with E-state index in [1.807, 2.05) is 0 Å². The van der Waals surface area contributed by atoms with Gasteiger partial charge in [-0.1, -0.05) is 11.6 Å². The molecular formula is C4HClFO. The summed E-state index contributed by atoms with van der Waals surface area (Å²) in [5.74, 6) is 0. The lowest BCUT2D eigenvalue weighted by molar-refractivity contribution is 0.355. The van der Waals surface area contributed by atoms with E-state index in [9.17, 15) is 4.39 Å². The van der Waals surface area contributed by atoms with Crippen molar-refractivity contribution in [1.82, 2.24) is 0 Å². The minimum absolute atomic E-state index is 0.164. The third kappa shape index (κ3) is 0.933. The third-order valence-corrected chi connectivity index (χ3v) is 0.672. The van der Waals surface area contributed by atoms with Crippen LogP contribution in [0.4, 0.5) is 4.39 Å². The smallest absolute Gasteiger partial charge is 0.279 e. The average molecular weight is 120 g/mol. The van der Waals surface area contributed by atoms with Crippen molar-refractivity contribution in [2.75, 3.05) is 0 Å². The molecule has 1 aromatic rings. The Hall–Kier alpha value is -0.500. The predicted octanol–water partition coefficient (Wildman–Crippen LogP) is 1.87. The summed E-state index contributed by atoms with van der Waals surface area (Å²) in [6, 6.07) is 0.340. The molecular weight excluding hydrogens is 118 g/mol. The van der Waals surface area contributed by atoms with Gasteiger partial charge in [0.25, 0.3) is 6.01 Å². The summed E-state index contributed by atoms with van der Waals surface area (Å²) < 4.78 is 15.7. The highest BCUT2D eigenvalue weighted by molar-refractivity contribution is 6.30. The van der Waals surface area contributed by atoms with Crippen molar-refractivity contribution in [2.45, 2.75) is 0 Å². The van der Waals surface area contributed by atoms with E-state index in [-0.39, 0.29) is 5.02 Å². The monoisotopic (exact) mass is 119 g/mol. The fourth-order valence-corrected chi connectivity index (χ4v) is 0.380. The van der Waals surface area contributed by atoms with Crippen LogP contribution < -0.4 is 0 Å². The van der Waals surface area contributed by atoms with Crippen LogP contribution in [0.3, 0.4) is 0 Å². The topological polar surface area (TPSA) is 13.1 Å². The Bertz CT molecular complexity index is 144. The minimum Gasteiger partial charge on any atom is -0.426 e. The van der Waals surface area contributed by atoms with Crippen molar-refractivity contribution in [3.8, 4) is 0 Å². The molecule has 1 rings (SSSR count). The molecule has 7 heavy (non-hydrogen) atoms. The second-order valence-electron chi connectivity index (χ2n) is 1.00. The first-order chi connectivity index (χ1) is 3.29. The van der Waals surface area contributed by atoms with Gasteiger partial charge in [-0.3, -0.25) is 0 Å². The van der Waals surface area contributed by atoms with Gasteiger partial charge in [-0.25, -0.2) is 0 Å². The lowest BCUT2D eigenvalue weighted by Gasteiger charge is -1.62. The first-order valence-corrected chi connectivity index (χ1v) is 1.99. The molecule has 0 spiro atoms. The van der Waals surface area contributed by atoms with E-state index < -0.39 is 6.01 Å². The highest BCUT2D eigenvalue weighted by atomic mass is 35.5. The van der Waals surface area contributed by atoms with E-state index in [4.69, 9.17) is 11.6 Å². The molecule has 0 N–H and O–H groups in total. The van der Waals surface area contributed by atoms with Crippen LogP contribution in [0.2, 0.25) is 5.02 Å². The van der Waals surface area contributed by atoms with Gasteiger partial charge in [-0.05, 0) is 0 Å². The van der Waals surface area contributed by atoms with E-state index in [0.717, 1.165) is 6.07 Å². The van der Waals surface area contributed by atoms with Crippen molar-refractivity contribution in [3.63, 3.8) is 0 Å². The van der Waals surface area contributed by atoms with E-state index in [0.29, 0.717) is 0 Å². The van der Waals surface area contributed by atoms with Crippen LogP contribution in [-0.2, 0) is 0 Å². The Labute approximate surface area is 44.7 Å². The largest absolute Gasteiger partial charge is 0.426 e. The summed E-state index contributed by atoms with van der Waals surface area (Å²) in [6.45, 7) is 0. The molecule has 0 atom stereocenters. The number of hydrogen-bond acceptors (Lipinski definition) is 1. The van der Waals surface area contributed by atoms with Crippen LogP contribution >= 0.6 is 11.6 Å². The fourth-order valence-electron chi connectivity index (χ4n) is 0.256. The molecule has 0 bridgehead atoms. The fraction of sp³-hybridized carbons (Fsp3) is 0. The zero-order valence-corrected chi connectivity index (χ0v) is 4.00. The molecule has 0 aliphatic rings. The Balaban J connectivity index is 3.04. The van der Waals surface area contributed by atoms with Crippen LogP contribution in [0.1, 0.15) is 0 Å². The Morgan fingerprint density at radius 2 is 2.57 bits per heavy atom. The zero-order chi connectivity index (χ0) is 5.28. The van der Waals surface area contributed by atoms with Crippen molar-refractivity contribution in [3.05, 3.63) is 23.4 Å². The molecule has 0 unspecified atom stereocenters. The van der Waals surface area contributed by atoms with Crippen LogP contribution in [0.15, 0.2) is 10.5 Å². The summed E-state index contributed by atoms with van der Waals surface area (Å²) in [4.78, 5) is 0. The molecule has 1 aromatic heterocycles. The molecule has 3 heteroatoms. The maximum Gasteiger partial charge on any atom is 0.279 e. The highest BCUT2D eigenvalue weighted by Gasteiger charge is 1.94. The van der Waals surface area contributed by atoms with Gasteiger partial charge in [0.15, 0.2) is 6.26 Å². The first kappa shape index (κ1) is 4.65. The molecule has 0 amide bonds. The second-order valence-corrected chi connectivity index (χ2v) is 1.41. The molecule has 0 aliphatic heterocycles. The van der Waals surface area contributed by atoms with E-state index >= 15 is 0 Å². The molecule has 0 aromatic carbocycles. The van der Waals surface area contributed by atoms with Crippen LogP contribution in [0, 0.1) is 12.3 Å². The van der Waals surface area contributed by atoms with Gasteiger partial charge in [0.05, 0.1) is 5.02 Å². The van der Waals surface area contributed by atoms with E-state index in [1.165, 1.54) is 0 Å². The molecule has 1 nitrogen and oxygen atoms in total. The van der Waals surface area contributed by atoms with E-state index in [2.05, 4.69) is 10.7 Å². The summed E-state index contributed by atoms with van der Waals surface area (Å²) in [7, 11) is 0. The first-order valence-electron chi connectivity index (χ1n) is 1.61. The maximum absolute atomic E-state index is 11.6. The van der Waals surface area contributed by atoms with Gasteiger partial charge in [0, 0.05) is 6.07 Å². The van der Waals surface area contributed by atoms with Crippen LogP contribution in [0.25, 0.3) is 0 Å². The SMILES string of the molecule is Fc1cc(Cl)[c]o1. The van der Waals surface area contributed by atoms with Crippen LogP contribution in [-0.4, -0.2) is 0 Å². The van der Waals surface area contributed by atoms with Crippen LogP contribution in [0.5, 0.6) is 0 Å². The van der Waals surface area contributed by atoms with Gasteiger partial charge < -0.3 is 4.42 Å². The predicted molar refractivity (Wildman–Crippen MR) is 22.5 cm³/mol. The normalized spacial score (nSPS) is 9.43. The molecule has 0 saturated carbocycles. The van der Waals surface area contributed by atoms with Gasteiger partial charge in [0.2, 0.25) is 0 Å². The summed E-state index contributed by atoms with van der Waals surface area (Å²) in [5.41, 5.74) is 0. The van der Waals surface area contributed by atoms with Crippen molar-refractivity contribution >= 4 is 11.6 Å². The van der Waals surface area contributed by atoms with Gasteiger partial charge >= 0.3 is 0 Å². The number of hydrogen-bond donors (Lipinski definition) is 0. The average Bonchev–Trinajstić information content (AvgIpc) is 1.87. The Morgan fingerprint density at radius 3 is 2.71 bits per heavy atom. The molecule has 1 heterocycles. The minimum atomic E-state index is -0.704. The Morgan fingerprint density at radius 1 is 1.86 bits per heavy atom. The number of halogens is 2. The van der Waals surface area contributed by atoms with Crippen molar-refractivity contribution < 1.29 is 8.81 Å². The summed E-state index contributed by atoms with van der Waals surface area (Å²) >= 11 is 5.17. The molecule has 0 fully saturated rings. The maximum atomic E-state index is 11.6. The quantitative estimate of drug-likeness (QED) is 0.508. The Kier molecular flexibility index (Phi) is 1.02. The van der Waals surface area contributed by atoms with Gasteiger partial charge in [-0.15, -0.1) is 0 Å². The van der Waals surface area contributed by atoms with E-state index in [1.54, 1.807) is 0 Å². The molecule has 37 valence electrons. The highest BCUT2D eigenvalue weighted by Crippen LogP contribution is 2.09. The second kappa shape index (κ2) is 1.54. The standard InChI is InChI=1S/C4HClFO/c5-3-1-4(6)7-2-3/h1H. The summed E-state index contributed by atoms with van der Waals surface area (Å²) in [5, 5.41) is 0.164. The summed E-state index contributed by atoms with van der Waals surface area (Å²) in [6.07, 6.45) is 2.08. The molecule has 1 radical (unpaired) electrons. The lowest BCUT2D eigenvalue weighted by atomic mass is 10.7. The molecule has 0 saturated heterocycles. The van der Waals surface area contributed by atoms with Crippen molar-refractivity contribution in [2.24, 2.45) is 0 Å². The van der Waals surface area contributed by atoms with Gasteiger partial charge in [-0.2, -0.15) is 4.39 Å². The van der Waals surface area contributed by atoms with Crippen molar-refractivity contribution in [1.29, 1.82) is 0 Å². The third-order valence-electron chi connectivity index (χ3n) is 0.486. The zero-order valence-electron chi connectivity index (χ0n) is 3.24. The number of rotatable bonds is 0.